The third-order valence-corrected chi connectivity index (χ3v) is 3.42. The summed E-state index contributed by atoms with van der Waals surface area (Å²) in [5.41, 5.74) is 2.44. The maximum atomic E-state index is 12.1. The van der Waals surface area contributed by atoms with Crippen LogP contribution in [0.25, 0.3) is 0 Å². The fraction of sp³-hybridized carbons (Fsp3) is 0.529. The van der Waals surface area contributed by atoms with Gasteiger partial charge in [-0.1, -0.05) is 31.2 Å². The molecule has 21 heavy (non-hydrogen) atoms. The fourth-order valence-corrected chi connectivity index (χ4v) is 2.09. The molecule has 1 aromatic carbocycles. The third-order valence-electron chi connectivity index (χ3n) is 3.42. The van der Waals surface area contributed by atoms with Gasteiger partial charge in [0, 0.05) is 13.0 Å². The lowest BCUT2D eigenvalue weighted by atomic mass is 10.1. The van der Waals surface area contributed by atoms with E-state index in [-0.39, 0.29) is 18.4 Å². The molecule has 0 atom stereocenters. The summed E-state index contributed by atoms with van der Waals surface area (Å²) in [6.45, 7) is 6.65. The van der Waals surface area contributed by atoms with Crippen LogP contribution in [0.5, 0.6) is 0 Å². The number of carbonyl (C=O) groups is 2. The Kier molecular flexibility index (Phi) is 7.51. The first-order chi connectivity index (χ1) is 10.1. The minimum Gasteiger partial charge on any atom is -0.465 e. The molecule has 0 saturated carbocycles. The highest BCUT2D eigenvalue weighted by Gasteiger charge is 2.15. The van der Waals surface area contributed by atoms with Crippen molar-refractivity contribution in [1.29, 1.82) is 0 Å². The third kappa shape index (κ3) is 5.98. The Morgan fingerprint density at radius 2 is 1.67 bits per heavy atom. The highest BCUT2D eigenvalue weighted by Crippen LogP contribution is 2.08. The van der Waals surface area contributed by atoms with Crippen molar-refractivity contribution >= 4 is 11.9 Å². The Balaban J connectivity index is 2.47. The van der Waals surface area contributed by atoms with Crippen molar-refractivity contribution in [3.05, 3.63) is 35.4 Å². The number of esters is 1. The van der Waals surface area contributed by atoms with Crippen molar-refractivity contribution in [2.24, 2.45) is 0 Å². The summed E-state index contributed by atoms with van der Waals surface area (Å²) >= 11 is 0. The van der Waals surface area contributed by atoms with Crippen molar-refractivity contribution in [1.82, 2.24) is 4.90 Å². The number of hydrogen-bond donors (Lipinski definition) is 0. The molecule has 1 amide bonds. The molecule has 4 heteroatoms. The van der Waals surface area contributed by atoms with Crippen LogP contribution < -0.4 is 0 Å². The van der Waals surface area contributed by atoms with Gasteiger partial charge in [0.05, 0.1) is 6.61 Å². The van der Waals surface area contributed by atoms with Crippen molar-refractivity contribution in [2.45, 2.75) is 40.0 Å². The molecular formula is C17H25NO3. The largest absolute Gasteiger partial charge is 0.465 e. The first-order valence-electron chi connectivity index (χ1n) is 7.61. The molecule has 0 aliphatic carbocycles. The van der Waals surface area contributed by atoms with Gasteiger partial charge in [-0.15, -0.1) is 0 Å². The van der Waals surface area contributed by atoms with Crippen molar-refractivity contribution in [2.75, 3.05) is 19.7 Å². The smallest absolute Gasteiger partial charge is 0.325 e. The second-order valence-corrected chi connectivity index (χ2v) is 4.88. The number of aryl methyl sites for hydroxylation is 2. The number of hydrogen-bond acceptors (Lipinski definition) is 3. The molecule has 4 nitrogen and oxygen atoms in total. The number of amides is 1. The van der Waals surface area contributed by atoms with Gasteiger partial charge in [-0.2, -0.15) is 0 Å². The van der Waals surface area contributed by atoms with Crippen LogP contribution in [-0.2, 0) is 27.2 Å². The summed E-state index contributed by atoms with van der Waals surface area (Å²) in [7, 11) is 0. The Morgan fingerprint density at radius 1 is 1.05 bits per heavy atom. The second-order valence-electron chi connectivity index (χ2n) is 4.88. The molecule has 0 aliphatic rings. The number of ether oxygens (including phenoxy) is 1. The molecule has 0 heterocycles. The number of benzene rings is 1. The van der Waals surface area contributed by atoms with Gasteiger partial charge in [-0.05, 0) is 37.8 Å². The van der Waals surface area contributed by atoms with Crippen molar-refractivity contribution < 1.29 is 14.3 Å². The van der Waals surface area contributed by atoms with E-state index in [1.165, 1.54) is 5.56 Å². The highest BCUT2D eigenvalue weighted by molar-refractivity contribution is 5.82. The van der Waals surface area contributed by atoms with E-state index in [0.29, 0.717) is 26.0 Å². The molecule has 0 aromatic heterocycles. The lowest BCUT2D eigenvalue weighted by molar-refractivity contribution is -0.148. The zero-order valence-electron chi connectivity index (χ0n) is 13.2. The van der Waals surface area contributed by atoms with Crippen molar-refractivity contribution in [3.63, 3.8) is 0 Å². The van der Waals surface area contributed by atoms with Gasteiger partial charge in [0.1, 0.15) is 6.54 Å². The van der Waals surface area contributed by atoms with E-state index in [0.717, 1.165) is 12.0 Å². The van der Waals surface area contributed by atoms with E-state index in [1.807, 2.05) is 6.92 Å². The van der Waals surface area contributed by atoms with Gasteiger partial charge in [-0.25, -0.2) is 0 Å². The number of carbonyl (C=O) groups excluding carboxylic acids is 2. The molecule has 1 rings (SSSR count). The lowest BCUT2D eigenvalue weighted by Crippen LogP contribution is -2.36. The predicted molar refractivity (Wildman–Crippen MR) is 83.0 cm³/mol. The van der Waals surface area contributed by atoms with Gasteiger partial charge in [-0.3, -0.25) is 9.59 Å². The van der Waals surface area contributed by atoms with Gasteiger partial charge in [0.15, 0.2) is 0 Å². The molecule has 0 fully saturated rings. The average Bonchev–Trinajstić information content (AvgIpc) is 2.51. The topological polar surface area (TPSA) is 46.6 Å². The maximum absolute atomic E-state index is 12.1. The molecule has 0 bridgehead atoms. The summed E-state index contributed by atoms with van der Waals surface area (Å²) in [5.74, 6) is -0.356. The predicted octanol–water partition coefficient (Wildman–Crippen LogP) is 2.59. The SMILES string of the molecule is CCOC(=O)CN(CC)C(=O)CCc1ccc(CC)cc1. The molecule has 0 aliphatic heterocycles. The van der Waals surface area contributed by atoms with Crippen molar-refractivity contribution in [3.8, 4) is 0 Å². The van der Waals surface area contributed by atoms with E-state index < -0.39 is 0 Å². The normalized spacial score (nSPS) is 10.2. The van der Waals surface area contributed by atoms with Crippen LogP contribution in [0, 0.1) is 0 Å². The zero-order valence-corrected chi connectivity index (χ0v) is 13.2. The standard InChI is InChI=1S/C17H25NO3/c1-4-14-7-9-15(10-8-14)11-12-16(19)18(5-2)13-17(20)21-6-3/h7-10H,4-6,11-13H2,1-3H3. The summed E-state index contributed by atoms with van der Waals surface area (Å²) < 4.78 is 4.88. The minimum absolute atomic E-state index is 0.00915. The van der Waals surface area contributed by atoms with Gasteiger partial charge >= 0.3 is 5.97 Å². The number of nitrogens with zero attached hydrogens (tertiary/aromatic N) is 1. The van der Waals surface area contributed by atoms with E-state index in [9.17, 15) is 9.59 Å². The zero-order chi connectivity index (χ0) is 15.7. The maximum Gasteiger partial charge on any atom is 0.325 e. The van der Waals surface area contributed by atoms with E-state index in [4.69, 9.17) is 4.74 Å². The Morgan fingerprint density at radius 3 is 2.19 bits per heavy atom. The Hall–Kier alpha value is -1.84. The van der Waals surface area contributed by atoms with Crippen LogP contribution in [0.4, 0.5) is 0 Å². The summed E-state index contributed by atoms with van der Waals surface area (Å²) in [4.78, 5) is 25.1. The molecule has 0 N–H and O–H groups in total. The van der Waals surface area contributed by atoms with Crippen LogP contribution in [-0.4, -0.2) is 36.5 Å². The van der Waals surface area contributed by atoms with E-state index >= 15 is 0 Å². The molecule has 0 unspecified atom stereocenters. The fourth-order valence-electron chi connectivity index (χ4n) is 2.09. The van der Waals surface area contributed by atoms with Crippen LogP contribution in [0.15, 0.2) is 24.3 Å². The molecule has 0 radical (unpaired) electrons. The Bertz CT molecular complexity index is 454. The lowest BCUT2D eigenvalue weighted by Gasteiger charge is -2.19. The highest BCUT2D eigenvalue weighted by atomic mass is 16.5. The monoisotopic (exact) mass is 291 g/mol. The van der Waals surface area contributed by atoms with Crippen LogP contribution in [0.1, 0.15) is 38.3 Å². The van der Waals surface area contributed by atoms with Gasteiger partial charge in [0.2, 0.25) is 5.91 Å². The molecule has 1 aromatic rings. The summed E-state index contributed by atoms with van der Waals surface area (Å²) in [5, 5.41) is 0. The number of rotatable bonds is 8. The molecule has 0 saturated heterocycles. The summed E-state index contributed by atoms with van der Waals surface area (Å²) in [6, 6.07) is 8.31. The van der Waals surface area contributed by atoms with E-state index in [1.54, 1.807) is 11.8 Å². The molecular weight excluding hydrogens is 266 g/mol. The first-order valence-corrected chi connectivity index (χ1v) is 7.61. The van der Waals surface area contributed by atoms with Gasteiger partial charge in [0.25, 0.3) is 0 Å². The second kappa shape index (κ2) is 9.16. The first kappa shape index (κ1) is 17.2. The summed E-state index contributed by atoms with van der Waals surface area (Å²) in [6.07, 6.45) is 2.13. The molecule has 0 spiro atoms. The quantitative estimate of drug-likeness (QED) is 0.692. The van der Waals surface area contributed by atoms with Crippen LogP contribution >= 0.6 is 0 Å². The minimum atomic E-state index is -0.347. The average molecular weight is 291 g/mol. The Labute approximate surface area is 127 Å². The molecule has 116 valence electrons. The van der Waals surface area contributed by atoms with E-state index in [2.05, 4.69) is 31.2 Å². The van der Waals surface area contributed by atoms with Crippen LogP contribution in [0.2, 0.25) is 0 Å². The van der Waals surface area contributed by atoms with Crippen LogP contribution in [0.3, 0.4) is 0 Å². The number of likely N-dealkylation sites (N-methyl/N-ethyl adjacent to an activating group) is 1. The van der Waals surface area contributed by atoms with Gasteiger partial charge < -0.3 is 9.64 Å².